The standard InChI is InChI=1S/C11H10N2O2/c1-15-10(14)7-8-4-6-13-11-9(8)3-2-5-12-11/h2-6H,7H2,1H3. The molecule has 76 valence electrons. The van der Waals surface area contributed by atoms with Gasteiger partial charge in [-0.25, -0.2) is 9.97 Å². The summed E-state index contributed by atoms with van der Waals surface area (Å²) in [4.78, 5) is 19.4. The molecular weight excluding hydrogens is 192 g/mol. The summed E-state index contributed by atoms with van der Waals surface area (Å²) in [5, 5.41) is 0.894. The van der Waals surface area contributed by atoms with Gasteiger partial charge < -0.3 is 4.74 Å². The zero-order valence-electron chi connectivity index (χ0n) is 8.30. The smallest absolute Gasteiger partial charge is 0.310 e. The van der Waals surface area contributed by atoms with Crippen LogP contribution in [0.25, 0.3) is 11.0 Å². The van der Waals surface area contributed by atoms with Gasteiger partial charge in [-0.05, 0) is 23.8 Å². The average molecular weight is 202 g/mol. The van der Waals surface area contributed by atoms with Crippen molar-refractivity contribution < 1.29 is 9.53 Å². The number of esters is 1. The Hall–Kier alpha value is -1.97. The molecular formula is C11H10N2O2. The summed E-state index contributed by atoms with van der Waals surface area (Å²) in [5.41, 5.74) is 1.54. The number of nitrogens with zero attached hydrogens (tertiary/aromatic N) is 2. The van der Waals surface area contributed by atoms with Crippen LogP contribution in [0.15, 0.2) is 30.6 Å². The van der Waals surface area contributed by atoms with E-state index in [1.165, 1.54) is 7.11 Å². The second-order valence-electron chi connectivity index (χ2n) is 3.10. The maximum atomic E-state index is 11.2. The third-order valence-corrected chi connectivity index (χ3v) is 2.17. The minimum Gasteiger partial charge on any atom is -0.469 e. The highest BCUT2D eigenvalue weighted by Crippen LogP contribution is 2.14. The fraction of sp³-hybridized carbons (Fsp3) is 0.182. The van der Waals surface area contributed by atoms with Crippen molar-refractivity contribution in [2.75, 3.05) is 7.11 Å². The fourth-order valence-electron chi connectivity index (χ4n) is 1.42. The first-order chi connectivity index (χ1) is 7.31. The average Bonchev–Trinajstić information content (AvgIpc) is 2.29. The van der Waals surface area contributed by atoms with Crippen LogP contribution in [0.3, 0.4) is 0 Å². The quantitative estimate of drug-likeness (QED) is 0.690. The van der Waals surface area contributed by atoms with Crippen molar-refractivity contribution in [1.29, 1.82) is 0 Å². The van der Waals surface area contributed by atoms with Gasteiger partial charge in [0.1, 0.15) is 0 Å². The summed E-state index contributed by atoms with van der Waals surface area (Å²) in [6.45, 7) is 0. The van der Waals surface area contributed by atoms with Gasteiger partial charge in [-0.1, -0.05) is 0 Å². The van der Waals surface area contributed by atoms with E-state index in [1.54, 1.807) is 18.5 Å². The Morgan fingerprint density at radius 3 is 2.93 bits per heavy atom. The minimum absolute atomic E-state index is 0.251. The molecule has 0 spiro atoms. The topological polar surface area (TPSA) is 52.1 Å². The molecule has 15 heavy (non-hydrogen) atoms. The first-order valence-electron chi connectivity index (χ1n) is 4.56. The molecule has 2 aromatic heterocycles. The van der Waals surface area contributed by atoms with Gasteiger partial charge in [0.2, 0.25) is 0 Å². The van der Waals surface area contributed by atoms with Crippen LogP contribution in [0, 0.1) is 0 Å². The molecule has 0 unspecified atom stereocenters. The Labute approximate surface area is 86.9 Å². The SMILES string of the molecule is COC(=O)Cc1ccnc2ncccc12. The Balaban J connectivity index is 2.46. The molecule has 0 aliphatic carbocycles. The molecule has 0 saturated carbocycles. The number of aromatic nitrogens is 2. The van der Waals surface area contributed by atoms with E-state index in [2.05, 4.69) is 14.7 Å². The number of hydrogen-bond donors (Lipinski definition) is 0. The van der Waals surface area contributed by atoms with E-state index in [0.29, 0.717) is 5.65 Å². The normalized spacial score (nSPS) is 10.2. The van der Waals surface area contributed by atoms with Gasteiger partial charge in [-0.15, -0.1) is 0 Å². The number of ether oxygens (including phenoxy) is 1. The Morgan fingerprint density at radius 2 is 2.13 bits per heavy atom. The van der Waals surface area contributed by atoms with Crippen molar-refractivity contribution in [2.45, 2.75) is 6.42 Å². The number of fused-ring (bicyclic) bond motifs is 1. The van der Waals surface area contributed by atoms with Crippen molar-refractivity contribution in [3.63, 3.8) is 0 Å². The summed E-state index contributed by atoms with van der Waals surface area (Å²) >= 11 is 0. The lowest BCUT2D eigenvalue weighted by Crippen LogP contribution is -2.05. The van der Waals surface area contributed by atoms with Crippen molar-refractivity contribution in [3.8, 4) is 0 Å². The molecule has 0 atom stereocenters. The number of rotatable bonds is 2. The second kappa shape index (κ2) is 4.04. The third-order valence-electron chi connectivity index (χ3n) is 2.17. The Bertz CT molecular complexity index is 491. The van der Waals surface area contributed by atoms with Crippen LogP contribution in [-0.2, 0) is 16.0 Å². The van der Waals surface area contributed by atoms with Gasteiger partial charge in [-0.3, -0.25) is 4.79 Å². The number of methoxy groups -OCH3 is 1. The van der Waals surface area contributed by atoms with Crippen LogP contribution in [0.4, 0.5) is 0 Å². The summed E-state index contributed by atoms with van der Waals surface area (Å²) in [7, 11) is 1.38. The summed E-state index contributed by atoms with van der Waals surface area (Å²) in [6, 6.07) is 5.53. The third kappa shape index (κ3) is 1.93. The molecule has 2 rings (SSSR count). The van der Waals surface area contributed by atoms with Gasteiger partial charge in [0.15, 0.2) is 5.65 Å². The lowest BCUT2D eigenvalue weighted by Gasteiger charge is -2.03. The van der Waals surface area contributed by atoms with E-state index in [9.17, 15) is 4.79 Å². The number of hydrogen-bond acceptors (Lipinski definition) is 4. The molecule has 0 amide bonds. The largest absolute Gasteiger partial charge is 0.469 e. The fourth-order valence-corrected chi connectivity index (χ4v) is 1.42. The van der Waals surface area contributed by atoms with Crippen LogP contribution >= 0.6 is 0 Å². The molecule has 2 aromatic rings. The maximum Gasteiger partial charge on any atom is 0.310 e. The Kier molecular flexibility index (Phi) is 2.58. The van der Waals surface area contributed by atoms with E-state index < -0.39 is 0 Å². The molecule has 0 aromatic carbocycles. The Morgan fingerprint density at radius 1 is 1.33 bits per heavy atom. The molecule has 0 fully saturated rings. The van der Waals surface area contributed by atoms with Crippen LogP contribution in [0.5, 0.6) is 0 Å². The molecule has 0 N–H and O–H groups in total. The van der Waals surface area contributed by atoms with Gasteiger partial charge >= 0.3 is 5.97 Å². The molecule has 4 nitrogen and oxygen atoms in total. The molecule has 0 aliphatic rings. The zero-order valence-corrected chi connectivity index (χ0v) is 8.30. The van der Waals surface area contributed by atoms with Crippen molar-refractivity contribution in [1.82, 2.24) is 9.97 Å². The van der Waals surface area contributed by atoms with E-state index in [0.717, 1.165) is 10.9 Å². The monoisotopic (exact) mass is 202 g/mol. The number of carbonyl (C=O) groups excluding carboxylic acids is 1. The van der Waals surface area contributed by atoms with Gasteiger partial charge in [0.25, 0.3) is 0 Å². The second-order valence-corrected chi connectivity index (χ2v) is 3.10. The molecule has 4 heteroatoms. The minimum atomic E-state index is -0.258. The van der Waals surface area contributed by atoms with Gasteiger partial charge in [0.05, 0.1) is 13.5 Å². The van der Waals surface area contributed by atoms with Crippen LogP contribution in [0.2, 0.25) is 0 Å². The summed E-state index contributed by atoms with van der Waals surface area (Å²) in [6.07, 6.45) is 3.58. The highest BCUT2D eigenvalue weighted by atomic mass is 16.5. The predicted molar refractivity (Wildman–Crippen MR) is 55.3 cm³/mol. The van der Waals surface area contributed by atoms with E-state index in [1.807, 2.05) is 12.1 Å². The highest BCUT2D eigenvalue weighted by molar-refractivity contribution is 5.83. The lowest BCUT2D eigenvalue weighted by atomic mass is 10.1. The van der Waals surface area contributed by atoms with E-state index in [-0.39, 0.29) is 12.4 Å². The van der Waals surface area contributed by atoms with Crippen LogP contribution < -0.4 is 0 Å². The van der Waals surface area contributed by atoms with Crippen molar-refractivity contribution in [3.05, 3.63) is 36.2 Å². The molecule has 0 radical (unpaired) electrons. The number of carbonyl (C=O) groups is 1. The zero-order chi connectivity index (χ0) is 10.7. The van der Waals surface area contributed by atoms with Crippen LogP contribution in [-0.4, -0.2) is 23.0 Å². The van der Waals surface area contributed by atoms with Crippen LogP contribution in [0.1, 0.15) is 5.56 Å². The predicted octanol–water partition coefficient (Wildman–Crippen LogP) is 1.35. The van der Waals surface area contributed by atoms with Crippen molar-refractivity contribution in [2.24, 2.45) is 0 Å². The number of pyridine rings is 2. The molecule has 2 heterocycles. The summed E-state index contributed by atoms with van der Waals surface area (Å²) < 4.78 is 4.62. The van der Waals surface area contributed by atoms with E-state index >= 15 is 0 Å². The molecule has 0 aliphatic heterocycles. The first-order valence-corrected chi connectivity index (χ1v) is 4.56. The summed E-state index contributed by atoms with van der Waals surface area (Å²) in [5.74, 6) is -0.258. The molecule has 0 saturated heterocycles. The maximum absolute atomic E-state index is 11.2. The van der Waals surface area contributed by atoms with Gasteiger partial charge in [-0.2, -0.15) is 0 Å². The van der Waals surface area contributed by atoms with Gasteiger partial charge in [0, 0.05) is 17.8 Å². The molecule has 0 bridgehead atoms. The highest BCUT2D eigenvalue weighted by Gasteiger charge is 2.07. The first kappa shape index (κ1) is 9.58. The van der Waals surface area contributed by atoms with Crippen molar-refractivity contribution >= 4 is 17.0 Å². The lowest BCUT2D eigenvalue weighted by molar-refractivity contribution is -0.139. The van der Waals surface area contributed by atoms with E-state index in [4.69, 9.17) is 0 Å².